The lowest BCUT2D eigenvalue weighted by Gasteiger charge is -2.44. The fourth-order valence-corrected chi connectivity index (χ4v) is 7.19. The largest absolute Gasteiger partial charge is 0.452 e. The van der Waals surface area contributed by atoms with Gasteiger partial charge in [-0.2, -0.15) is 0 Å². The Morgan fingerprint density at radius 2 is 1.91 bits per heavy atom. The van der Waals surface area contributed by atoms with Crippen LogP contribution in [-0.2, 0) is 25.3 Å². The number of fused-ring (bicyclic) bond motifs is 3. The highest BCUT2D eigenvalue weighted by atomic mass is 28.4. The Labute approximate surface area is 192 Å². The van der Waals surface area contributed by atoms with Crippen LogP contribution in [0.2, 0.25) is 19.6 Å². The molecule has 1 heterocycles. The summed E-state index contributed by atoms with van der Waals surface area (Å²) >= 11 is 0. The van der Waals surface area contributed by atoms with E-state index in [0.29, 0.717) is 18.9 Å². The molecule has 3 aliphatic rings. The third kappa shape index (κ3) is 3.61. The number of hydrogen-bond acceptors (Lipinski definition) is 5. The molecule has 0 radical (unpaired) electrons. The smallest absolute Gasteiger partial charge is 0.341 e. The van der Waals surface area contributed by atoms with E-state index in [1.165, 1.54) is 5.57 Å². The molecule has 1 aromatic carbocycles. The molecule has 0 unspecified atom stereocenters. The third-order valence-corrected chi connectivity index (χ3v) is 8.48. The summed E-state index contributed by atoms with van der Waals surface area (Å²) in [6.45, 7) is 16.7. The molecule has 32 heavy (non-hydrogen) atoms. The Balaban J connectivity index is 1.82. The van der Waals surface area contributed by atoms with Crippen LogP contribution in [0.4, 0.5) is 0 Å². The fourth-order valence-electron chi connectivity index (χ4n) is 5.72. The number of carbonyl (C=O) groups excluding carboxylic acids is 1. The van der Waals surface area contributed by atoms with Crippen molar-refractivity contribution in [1.82, 2.24) is 0 Å². The number of ether oxygens (including phenoxy) is 2. The van der Waals surface area contributed by atoms with Crippen LogP contribution in [0.5, 0.6) is 0 Å². The van der Waals surface area contributed by atoms with Gasteiger partial charge in [0, 0.05) is 5.92 Å². The van der Waals surface area contributed by atoms with Crippen LogP contribution in [0.15, 0.2) is 53.6 Å². The quantitative estimate of drug-likeness (QED) is 0.393. The second-order valence-electron chi connectivity index (χ2n) is 10.8. The monoisotopic (exact) mass is 456 g/mol. The van der Waals surface area contributed by atoms with E-state index in [1.807, 2.05) is 50.0 Å². The maximum atomic E-state index is 13.4. The summed E-state index contributed by atoms with van der Waals surface area (Å²) < 4.78 is 18.8. The molecule has 0 amide bonds. The molecule has 2 fully saturated rings. The Bertz CT molecular complexity index is 949. The summed E-state index contributed by atoms with van der Waals surface area (Å²) in [6.07, 6.45) is -0.114. The molecular weight excluding hydrogens is 420 g/mol. The molecule has 6 heteroatoms. The average Bonchev–Trinajstić information content (AvgIpc) is 3.07. The zero-order valence-electron chi connectivity index (χ0n) is 20.1. The summed E-state index contributed by atoms with van der Waals surface area (Å²) in [6, 6.07) is 9.86. The number of hydrogen-bond donors (Lipinski definition) is 1. The summed E-state index contributed by atoms with van der Waals surface area (Å²) in [4.78, 5) is 13.4. The normalized spacial score (nSPS) is 37.2. The van der Waals surface area contributed by atoms with Crippen LogP contribution in [0.3, 0.4) is 0 Å². The van der Waals surface area contributed by atoms with Crippen LogP contribution in [-0.4, -0.2) is 42.8 Å². The molecule has 1 saturated carbocycles. The second-order valence-corrected chi connectivity index (χ2v) is 15.3. The lowest BCUT2D eigenvalue weighted by atomic mass is 9.75. The summed E-state index contributed by atoms with van der Waals surface area (Å²) in [5, 5.41) is 12.5. The van der Waals surface area contributed by atoms with Crippen molar-refractivity contribution < 1.29 is 23.8 Å². The van der Waals surface area contributed by atoms with Crippen molar-refractivity contribution >= 4 is 14.3 Å². The highest BCUT2D eigenvalue weighted by Gasteiger charge is 2.73. The first-order valence-corrected chi connectivity index (χ1v) is 15.0. The minimum absolute atomic E-state index is 0.0777. The maximum Gasteiger partial charge on any atom is 0.341 e. The van der Waals surface area contributed by atoms with Crippen LogP contribution in [0, 0.1) is 11.8 Å². The SMILES string of the molecule is C=C1C[C@H](OCc2ccccc2)[C@]2(O)[C@H](OC(=O)[C@@]2(C)O[Si](C)(C)C)C2=C(C)[C@H](C)C[C@H]12. The van der Waals surface area contributed by atoms with Crippen LogP contribution < -0.4 is 0 Å². The molecular formula is C26H36O5Si. The van der Waals surface area contributed by atoms with Crippen molar-refractivity contribution in [2.45, 2.75) is 83.3 Å². The number of carbonyl (C=O) groups is 1. The molecule has 4 rings (SSSR count). The van der Waals surface area contributed by atoms with Crippen molar-refractivity contribution in [3.8, 4) is 0 Å². The predicted octanol–water partition coefficient (Wildman–Crippen LogP) is 4.77. The number of esters is 1. The molecule has 1 N–H and O–H groups in total. The number of benzene rings is 1. The summed E-state index contributed by atoms with van der Waals surface area (Å²) in [5.41, 5.74) is 1.02. The van der Waals surface area contributed by atoms with E-state index in [0.717, 1.165) is 23.1 Å². The highest BCUT2D eigenvalue weighted by molar-refractivity contribution is 6.70. The molecule has 0 spiro atoms. The van der Waals surface area contributed by atoms with Gasteiger partial charge in [-0.1, -0.05) is 55.0 Å². The third-order valence-electron chi connectivity index (χ3n) is 7.46. The summed E-state index contributed by atoms with van der Waals surface area (Å²) in [7, 11) is -2.23. The van der Waals surface area contributed by atoms with Gasteiger partial charge in [-0.05, 0) is 63.4 Å². The molecule has 5 nitrogen and oxygen atoms in total. The van der Waals surface area contributed by atoms with Gasteiger partial charge in [0.1, 0.15) is 0 Å². The number of rotatable bonds is 5. The van der Waals surface area contributed by atoms with Gasteiger partial charge in [0.05, 0.1) is 12.7 Å². The van der Waals surface area contributed by atoms with E-state index in [1.54, 1.807) is 6.92 Å². The van der Waals surface area contributed by atoms with E-state index in [9.17, 15) is 9.90 Å². The van der Waals surface area contributed by atoms with E-state index in [-0.39, 0.29) is 5.92 Å². The number of allylic oxidation sites excluding steroid dienone is 1. The van der Waals surface area contributed by atoms with Gasteiger partial charge < -0.3 is 19.0 Å². The van der Waals surface area contributed by atoms with Crippen LogP contribution >= 0.6 is 0 Å². The minimum atomic E-state index is -2.23. The van der Waals surface area contributed by atoms with Crippen LogP contribution in [0.25, 0.3) is 0 Å². The lowest BCUT2D eigenvalue weighted by Crippen LogP contribution is -2.66. The Morgan fingerprint density at radius 1 is 1.25 bits per heavy atom. The van der Waals surface area contributed by atoms with Gasteiger partial charge in [-0.25, -0.2) is 4.79 Å². The van der Waals surface area contributed by atoms with Gasteiger partial charge >= 0.3 is 5.97 Å². The molecule has 1 aliphatic heterocycles. The first-order valence-electron chi connectivity index (χ1n) is 11.6. The Kier molecular flexibility index (Phi) is 5.81. The van der Waals surface area contributed by atoms with E-state index in [4.69, 9.17) is 13.9 Å². The topological polar surface area (TPSA) is 65.0 Å². The van der Waals surface area contributed by atoms with Crippen LogP contribution in [0.1, 0.15) is 39.2 Å². The van der Waals surface area contributed by atoms with E-state index in [2.05, 4.69) is 20.4 Å². The fraction of sp³-hybridized carbons (Fsp3) is 0.577. The first kappa shape index (κ1) is 23.4. The molecule has 174 valence electrons. The zero-order valence-corrected chi connectivity index (χ0v) is 21.1. The van der Waals surface area contributed by atoms with Gasteiger partial charge in [-0.3, -0.25) is 0 Å². The van der Waals surface area contributed by atoms with Gasteiger partial charge in [0.25, 0.3) is 0 Å². The first-order chi connectivity index (χ1) is 14.9. The molecule has 0 bridgehead atoms. The second kappa shape index (κ2) is 7.94. The van der Waals surface area contributed by atoms with Crippen molar-refractivity contribution in [3.05, 3.63) is 59.2 Å². The Hall–Kier alpha value is -1.73. The van der Waals surface area contributed by atoms with Gasteiger partial charge in [-0.15, -0.1) is 0 Å². The van der Waals surface area contributed by atoms with Gasteiger partial charge in [0.2, 0.25) is 0 Å². The molecule has 1 saturated heterocycles. The summed E-state index contributed by atoms with van der Waals surface area (Å²) in [5.74, 6) is -0.0815. The number of aliphatic hydroxyl groups is 1. The highest BCUT2D eigenvalue weighted by Crippen LogP contribution is 2.56. The molecule has 6 atom stereocenters. The average molecular weight is 457 g/mol. The molecule has 1 aromatic rings. The van der Waals surface area contributed by atoms with E-state index < -0.39 is 37.7 Å². The maximum absolute atomic E-state index is 13.4. The standard InChI is InChI=1S/C26H36O5Si/c1-16-13-20-17(2)14-21(29-15-19-11-9-8-10-12-19)26(28)23(22(20)18(16)3)30-24(27)25(26,4)31-32(5,6)7/h8-12,16,20-21,23,28H,2,13-15H2,1,3-7H3/t16-,20-,21+,23-,25-,26+/m1/s1. The van der Waals surface area contributed by atoms with Gasteiger partial charge in [0.15, 0.2) is 25.6 Å². The van der Waals surface area contributed by atoms with Crippen molar-refractivity contribution in [3.63, 3.8) is 0 Å². The molecule has 2 aliphatic carbocycles. The van der Waals surface area contributed by atoms with Crippen molar-refractivity contribution in [2.24, 2.45) is 11.8 Å². The van der Waals surface area contributed by atoms with Crippen molar-refractivity contribution in [1.29, 1.82) is 0 Å². The Morgan fingerprint density at radius 3 is 2.53 bits per heavy atom. The van der Waals surface area contributed by atoms with Crippen molar-refractivity contribution in [2.75, 3.05) is 0 Å². The minimum Gasteiger partial charge on any atom is -0.452 e. The van der Waals surface area contributed by atoms with E-state index >= 15 is 0 Å². The molecule has 0 aromatic heterocycles. The lowest BCUT2D eigenvalue weighted by molar-refractivity contribution is -0.192. The zero-order chi connectivity index (χ0) is 23.5. The predicted molar refractivity (Wildman–Crippen MR) is 126 cm³/mol.